The summed E-state index contributed by atoms with van der Waals surface area (Å²) in [6.45, 7) is 9.05. The van der Waals surface area contributed by atoms with Crippen molar-refractivity contribution in [3.63, 3.8) is 0 Å². The maximum atomic E-state index is 11.2. The zero-order valence-corrected chi connectivity index (χ0v) is 13.9. The molecule has 2 unspecified atom stereocenters. The van der Waals surface area contributed by atoms with Crippen LogP contribution in [0.15, 0.2) is 0 Å². The largest absolute Gasteiger partial charge is 0.370 e. The molecule has 1 aromatic rings. The molecule has 0 aromatic carbocycles. The second-order valence-electron chi connectivity index (χ2n) is 4.96. The molecule has 1 aromatic heterocycles. The molecular weight excluding hydrogens is 272 g/mol. The maximum Gasteiger partial charge on any atom is 0.134 e. The lowest BCUT2D eigenvalue weighted by molar-refractivity contribution is 0.678. The SMILES string of the molecule is CCNc1nc(CC)nc(NC(C)CCS(C)=O)c1C. The summed E-state index contributed by atoms with van der Waals surface area (Å²) in [4.78, 5) is 9.07. The molecule has 6 heteroatoms. The molecule has 1 rings (SSSR count). The summed E-state index contributed by atoms with van der Waals surface area (Å²) in [5.74, 6) is 3.31. The summed E-state index contributed by atoms with van der Waals surface area (Å²) >= 11 is 0. The number of rotatable bonds is 8. The zero-order valence-electron chi connectivity index (χ0n) is 13.1. The summed E-state index contributed by atoms with van der Waals surface area (Å²) in [5, 5.41) is 6.69. The first kappa shape index (κ1) is 16.9. The van der Waals surface area contributed by atoms with E-state index in [1.807, 2.05) is 13.8 Å². The van der Waals surface area contributed by atoms with Gasteiger partial charge < -0.3 is 10.6 Å². The Balaban J connectivity index is 2.87. The molecule has 0 saturated heterocycles. The Kier molecular flexibility index (Phi) is 6.91. The molecular formula is C14H26N4OS. The van der Waals surface area contributed by atoms with Gasteiger partial charge in [0.25, 0.3) is 0 Å². The summed E-state index contributed by atoms with van der Waals surface area (Å²) in [6.07, 6.45) is 3.41. The standard InChI is InChI=1S/C14H26N4OS/c1-6-12-17-13(15-7-2)11(4)14(18-12)16-10(3)8-9-20(5)19/h10H,6-9H2,1-5H3,(H2,15,16,17,18). The molecule has 1 heterocycles. The Morgan fingerprint density at radius 1 is 1.25 bits per heavy atom. The third-order valence-electron chi connectivity index (χ3n) is 3.07. The lowest BCUT2D eigenvalue weighted by Crippen LogP contribution is -2.20. The van der Waals surface area contributed by atoms with Crippen LogP contribution in [-0.4, -0.2) is 38.8 Å². The molecule has 0 fully saturated rings. The highest BCUT2D eigenvalue weighted by molar-refractivity contribution is 7.84. The van der Waals surface area contributed by atoms with Crippen molar-refractivity contribution in [2.45, 2.75) is 46.6 Å². The van der Waals surface area contributed by atoms with Gasteiger partial charge in [-0.2, -0.15) is 0 Å². The van der Waals surface area contributed by atoms with E-state index in [2.05, 4.69) is 34.4 Å². The van der Waals surface area contributed by atoms with Gasteiger partial charge in [0, 0.05) is 47.4 Å². The minimum Gasteiger partial charge on any atom is -0.370 e. The van der Waals surface area contributed by atoms with Gasteiger partial charge in [0.05, 0.1) is 0 Å². The smallest absolute Gasteiger partial charge is 0.134 e. The Bertz CT molecular complexity index is 465. The number of nitrogens with one attached hydrogen (secondary N) is 2. The van der Waals surface area contributed by atoms with E-state index in [4.69, 9.17) is 0 Å². The first-order chi connectivity index (χ1) is 9.47. The normalized spacial score (nSPS) is 13.8. The number of hydrogen-bond donors (Lipinski definition) is 2. The highest BCUT2D eigenvalue weighted by atomic mass is 32.2. The van der Waals surface area contributed by atoms with Gasteiger partial charge in [-0.1, -0.05) is 6.92 Å². The molecule has 0 bridgehead atoms. The Morgan fingerprint density at radius 3 is 2.45 bits per heavy atom. The van der Waals surface area contributed by atoms with Gasteiger partial charge in [0.15, 0.2) is 0 Å². The van der Waals surface area contributed by atoms with Crippen LogP contribution < -0.4 is 10.6 Å². The Labute approximate surface area is 124 Å². The van der Waals surface area contributed by atoms with E-state index in [9.17, 15) is 4.21 Å². The average Bonchev–Trinajstić information content (AvgIpc) is 2.41. The van der Waals surface area contributed by atoms with Crippen molar-refractivity contribution in [1.29, 1.82) is 0 Å². The molecule has 114 valence electrons. The topological polar surface area (TPSA) is 66.9 Å². The molecule has 0 spiro atoms. The minimum atomic E-state index is -0.748. The molecule has 0 saturated carbocycles. The van der Waals surface area contributed by atoms with Crippen molar-refractivity contribution in [2.24, 2.45) is 0 Å². The summed E-state index contributed by atoms with van der Waals surface area (Å²) < 4.78 is 11.2. The third kappa shape index (κ3) is 5.07. The fraction of sp³-hybridized carbons (Fsp3) is 0.714. The predicted molar refractivity (Wildman–Crippen MR) is 86.9 cm³/mol. The van der Waals surface area contributed by atoms with Gasteiger partial charge in [-0.25, -0.2) is 9.97 Å². The number of hydrogen-bond acceptors (Lipinski definition) is 5. The van der Waals surface area contributed by atoms with Gasteiger partial charge >= 0.3 is 0 Å². The molecule has 0 aliphatic heterocycles. The van der Waals surface area contributed by atoms with E-state index in [-0.39, 0.29) is 6.04 Å². The summed E-state index contributed by atoms with van der Waals surface area (Å²) in [6, 6.07) is 0.242. The van der Waals surface area contributed by atoms with Gasteiger partial charge in [-0.15, -0.1) is 0 Å². The molecule has 0 aliphatic rings. The summed E-state index contributed by atoms with van der Waals surface area (Å²) in [7, 11) is -0.748. The quantitative estimate of drug-likeness (QED) is 0.771. The highest BCUT2D eigenvalue weighted by Crippen LogP contribution is 2.21. The van der Waals surface area contributed by atoms with Gasteiger partial charge in [0.2, 0.25) is 0 Å². The highest BCUT2D eigenvalue weighted by Gasteiger charge is 2.12. The van der Waals surface area contributed by atoms with Crippen LogP contribution in [0.2, 0.25) is 0 Å². The lowest BCUT2D eigenvalue weighted by Gasteiger charge is -2.18. The molecule has 0 radical (unpaired) electrons. The van der Waals surface area contributed by atoms with Crippen LogP contribution in [0.3, 0.4) is 0 Å². The predicted octanol–water partition coefficient (Wildman–Crippen LogP) is 2.35. The molecule has 2 N–H and O–H groups in total. The molecule has 0 amide bonds. The van der Waals surface area contributed by atoms with E-state index in [0.29, 0.717) is 5.75 Å². The summed E-state index contributed by atoms with van der Waals surface area (Å²) in [5.41, 5.74) is 1.04. The van der Waals surface area contributed by atoms with Crippen molar-refractivity contribution in [3.05, 3.63) is 11.4 Å². The van der Waals surface area contributed by atoms with E-state index < -0.39 is 10.8 Å². The Hall–Kier alpha value is -1.17. The van der Waals surface area contributed by atoms with E-state index in [1.54, 1.807) is 6.26 Å². The van der Waals surface area contributed by atoms with Crippen LogP contribution in [0.25, 0.3) is 0 Å². The second kappa shape index (κ2) is 8.19. The van der Waals surface area contributed by atoms with Crippen LogP contribution in [0.4, 0.5) is 11.6 Å². The lowest BCUT2D eigenvalue weighted by atomic mass is 10.2. The third-order valence-corrected chi connectivity index (χ3v) is 3.88. The van der Waals surface area contributed by atoms with Crippen molar-refractivity contribution in [2.75, 3.05) is 29.2 Å². The van der Waals surface area contributed by atoms with E-state index in [1.165, 1.54) is 0 Å². The number of aryl methyl sites for hydroxylation is 1. The average molecular weight is 298 g/mol. The molecule has 20 heavy (non-hydrogen) atoms. The van der Waals surface area contributed by atoms with Gasteiger partial charge in [0.1, 0.15) is 17.5 Å². The number of anilines is 2. The zero-order chi connectivity index (χ0) is 15.1. The molecule has 5 nitrogen and oxygen atoms in total. The van der Waals surface area contributed by atoms with Crippen molar-refractivity contribution in [3.8, 4) is 0 Å². The van der Waals surface area contributed by atoms with Crippen LogP contribution in [-0.2, 0) is 17.2 Å². The number of nitrogens with zero attached hydrogens (tertiary/aromatic N) is 2. The number of aromatic nitrogens is 2. The van der Waals surface area contributed by atoms with Crippen molar-refractivity contribution in [1.82, 2.24) is 9.97 Å². The van der Waals surface area contributed by atoms with Crippen LogP contribution in [0, 0.1) is 6.92 Å². The monoisotopic (exact) mass is 298 g/mol. The van der Waals surface area contributed by atoms with Crippen LogP contribution in [0.1, 0.15) is 38.6 Å². The van der Waals surface area contributed by atoms with Crippen LogP contribution in [0.5, 0.6) is 0 Å². The first-order valence-electron chi connectivity index (χ1n) is 7.15. The minimum absolute atomic E-state index is 0.242. The van der Waals surface area contributed by atoms with E-state index in [0.717, 1.165) is 42.4 Å². The fourth-order valence-electron chi connectivity index (χ4n) is 1.85. The van der Waals surface area contributed by atoms with Gasteiger partial charge in [-0.3, -0.25) is 4.21 Å². The maximum absolute atomic E-state index is 11.2. The molecule has 2 atom stereocenters. The van der Waals surface area contributed by atoms with E-state index >= 15 is 0 Å². The van der Waals surface area contributed by atoms with Crippen LogP contribution >= 0.6 is 0 Å². The second-order valence-corrected chi connectivity index (χ2v) is 6.51. The fourth-order valence-corrected chi connectivity index (χ4v) is 2.53. The Morgan fingerprint density at radius 2 is 1.90 bits per heavy atom. The van der Waals surface area contributed by atoms with Crippen molar-refractivity contribution >= 4 is 22.4 Å². The van der Waals surface area contributed by atoms with Gasteiger partial charge in [-0.05, 0) is 27.2 Å². The molecule has 0 aliphatic carbocycles. The first-order valence-corrected chi connectivity index (χ1v) is 8.88. The van der Waals surface area contributed by atoms with Crippen molar-refractivity contribution < 1.29 is 4.21 Å².